The van der Waals surface area contributed by atoms with Crippen LogP contribution in [0, 0.1) is 0 Å². The van der Waals surface area contributed by atoms with Gasteiger partial charge in [0.05, 0.1) is 12.4 Å². The first kappa shape index (κ1) is 17.2. The van der Waals surface area contributed by atoms with Gasteiger partial charge in [0.15, 0.2) is 12.0 Å². The summed E-state index contributed by atoms with van der Waals surface area (Å²) >= 11 is 0. The molecule has 1 aromatic heterocycles. The molecule has 0 bridgehead atoms. The maximum atomic E-state index is 12.3. The van der Waals surface area contributed by atoms with Gasteiger partial charge in [-0.15, -0.1) is 0 Å². The van der Waals surface area contributed by atoms with Crippen LogP contribution in [0.4, 0.5) is 4.79 Å². The number of amides is 3. The van der Waals surface area contributed by atoms with E-state index in [0.717, 1.165) is 13.0 Å². The summed E-state index contributed by atoms with van der Waals surface area (Å²) in [7, 11) is 1.62. The van der Waals surface area contributed by atoms with Crippen molar-refractivity contribution in [1.82, 2.24) is 30.0 Å². The molecule has 2 saturated heterocycles. The highest BCUT2D eigenvalue weighted by Crippen LogP contribution is 2.20. The number of imide groups is 1. The van der Waals surface area contributed by atoms with Crippen LogP contribution in [0.15, 0.2) is 23.7 Å². The minimum Gasteiger partial charge on any atom is -0.392 e. The molecule has 2 aliphatic rings. The third-order valence-corrected chi connectivity index (χ3v) is 4.28. The van der Waals surface area contributed by atoms with Crippen molar-refractivity contribution in [3.63, 3.8) is 0 Å². The highest BCUT2D eigenvalue weighted by atomic mass is 16.3. The number of rotatable bonds is 6. The number of imidazole rings is 1. The van der Waals surface area contributed by atoms with Crippen molar-refractivity contribution in [2.45, 2.75) is 38.2 Å². The topological polar surface area (TPSA) is 115 Å². The average Bonchev–Trinajstić information content (AvgIpc) is 3.17. The van der Waals surface area contributed by atoms with Crippen molar-refractivity contribution < 1.29 is 14.7 Å². The van der Waals surface area contributed by atoms with Crippen LogP contribution in [-0.4, -0.2) is 80.8 Å². The SMILES string of the molecule is CC(O)CN1C(=NCCCn2ccnc2)NC2C1C(=O)NC(=O)N2C. The van der Waals surface area contributed by atoms with Gasteiger partial charge in [0.1, 0.15) is 6.17 Å². The van der Waals surface area contributed by atoms with E-state index in [-0.39, 0.29) is 12.5 Å². The third kappa shape index (κ3) is 3.58. The summed E-state index contributed by atoms with van der Waals surface area (Å²) in [5, 5.41) is 15.2. The summed E-state index contributed by atoms with van der Waals surface area (Å²) in [6.07, 6.45) is 5.05. The Kier molecular flexibility index (Phi) is 4.88. The number of hydrogen-bond donors (Lipinski definition) is 3. The molecule has 25 heavy (non-hydrogen) atoms. The van der Waals surface area contributed by atoms with Gasteiger partial charge in [0, 0.05) is 39.1 Å². The molecule has 0 aliphatic carbocycles. The fourth-order valence-electron chi connectivity index (χ4n) is 3.06. The minimum atomic E-state index is -0.632. The quantitative estimate of drug-likeness (QED) is 0.555. The van der Waals surface area contributed by atoms with Crippen molar-refractivity contribution in [2.24, 2.45) is 4.99 Å². The molecular formula is C15H23N7O3. The Morgan fingerprint density at radius 3 is 2.92 bits per heavy atom. The van der Waals surface area contributed by atoms with E-state index in [1.54, 1.807) is 31.4 Å². The molecule has 3 atom stereocenters. The lowest BCUT2D eigenvalue weighted by Crippen LogP contribution is -2.65. The molecule has 3 unspecified atom stereocenters. The largest absolute Gasteiger partial charge is 0.392 e. The van der Waals surface area contributed by atoms with Gasteiger partial charge in [-0.3, -0.25) is 15.1 Å². The zero-order valence-corrected chi connectivity index (χ0v) is 14.3. The number of nitrogens with zero attached hydrogens (tertiary/aromatic N) is 5. The first-order valence-electron chi connectivity index (χ1n) is 8.26. The number of urea groups is 1. The van der Waals surface area contributed by atoms with Crippen LogP contribution < -0.4 is 10.6 Å². The normalized spacial score (nSPS) is 25.8. The molecule has 0 aromatic carbocycles. The Hall–Kier alpha value is -2.62. The molecule has 3 rings (SSSR count). The van der Waals surface area contributed by atoms with Crippen molar-refractivity contribution in [1.29, 1.82) is 0 Å². The number of aliphatic hydroxyl groups excluding tert-OH is 1. The number of nitrogens with one attached hydrogen (secondary N) is 2. The number of aliphatic imine (C=N–C) groups is 1. The number of carbonyl (C=O) groups is 2. The molecule has 2 aliphatic heterocycles. The van der Waals surface area contributed by atoms with Crippen LogP contribution in [0.3, 0.4) is 0 Å². The standard InChI is InChI=1S/C15H23N7O3/c1-10(23)8-22-11-12(20(2)15(25)19-13(11)24)18-14(22)17-4-3-6-21-7-5-16-9-21/h5,7,9-12,23H,3-4,6,8H2,1-2H3,(H,17,18)(H,19,24,25). The first-order valence-corrected chi connectivity index (χ1v) is 8.26. The van der Waals surface area contributed by atoms with Crippen LogP contribution in [0.2, 0.25) is 0 Å². The summed E-state index contributed by atoms with van der Waals surface area (Å²) < 4.78 is 1.97. The molecule has 0 radical (unpaired) electrons. The second kappa shape index (κ2) is 7.09. The molecule has 1 aromatic rings. The van der Waals surface area contributed by atoms with Gasteiger partial charge >= 0.3 is 6.03 Å². The van der Waals surface area contributed by atoms with Gasteiger partial charge in [-0.05, 0) is 13.3 Å². The zero-order valence-electron chi connectivity index (χ0n) is 14.3. The Morgan fingerprint density at radius 2 is 2.24 bits per heavy atom. The van der Waals surface area contributed by atoms with Crippen LogP contribution in [0.1, 0.15) is 13.3 Å². The Balaban J connectivity index is 1.71. The lowest BCUT2D eigenvalue weighted by molar-refractivity contribution is -0.127. The van der Waals surface area contributed by atoms with Crippen LogP contribution in [0.25, 0.3) is 0 Å². The Bertz CT molecular complexity index is 658. The van der Waals surface area contributed by atoms with Gasteiger partial charge in [-0.1, -0.05) is 0 Å². The van der Waals surface area contributed by atoms with E-state index in [1.165, 1.54) is 4.90 Å². The Labute approximate surface area is 145 Å². The van der Waals surface area contributed by atoms with Crippen molar-refractivity contribution in [3.8, 4) is 0 Å². The summed E-state index contributed by atoms with van der Waals surface area (Å²) in [5.41, 5.74) is 0. The summed E-state index contributed by atoms with van der Waals surface area (Å²) in [5.74, 6) is 0.142. The first-order chi connectivity index (χ1) is 12.0. The lowest BCUT2D eigenvalue weighted by Gasteiger charge is -2.35. The number of hydrogen-bond acceptors (Lipinski definition) is 5. The van der Waals surface area contributed by atoms with Gasteiger partial charge in [-0.2, -0.15) is 0 Å². The maximum Gasteiger partial charge on any atom is 0.325 e. The second-order valence-electron chi connectivity index (χ2n) is 6.30. The number of aryl methyl sites for hydroxylation is 1. The molecule has 3 N–H and O–H groups in total. The number of aromatic nitrogens is 2. The van der Waals surface area contributed by atoms with Crippen molar-refractivity contribution in [2.75, 3.05) is 20.1 Å². The molecule has 0 saturated carbocycles. The molecule has 3 heterocycles. The van der Waals surface area contributed by atoms with E-state index < -0.39 is 24.3 Å². The predicted molar refractivity (Wildman–Crippen MR) is 89.5 cm³/mol. The molecular weight excluding hydrogens is 326 g/mol. The Morgan fingerprint density at radius 1 is 1.44 bits per heavy atom. The average molecular weight is 349 g/mol. The summed E-state index contributed by atoms with van der Waals surface area (Å²) in [4.78, 5) is 35.8. The smallest absolute Gasteiger partial charge is 0.325 e. The minimum absolute atomic E-state index is 0.254. The predicted octanol–water partition coefficient (Wildman–Crippen LogP) is -1.21. The van der Waals surface area contributed by atoms with Gasteiger partial charge in [0.25, 0.3) is 5.91 Å². The van der Waals surface area contributed by atoms with Gasteiger partial charge in [0.2, 0.25) is 0 Å². The van der Waals surface area contributed by atoms with E-state index in [1.807, 2.05) is 10.8 Å². The van der Waals surface area contributed by atoms with Gasteiger partial charge in [-0.25, -0.2) is 9.78 Å². The molecule has 3 amide bonds. The van der Waals surface area contributed by atoms with E-state index in [2.05, 4.69) is 20.6 Å². The zero-order chi connectivity index (χ0) is 18.0. The van der Waals surface area contributed by atoms with Crippen LogP contribution >= 0.6 is 0 Å². The van der Waals surface area contributed by atoms with Crippen LogP contribution in [-0.2, 0) is 11.3 Å². The van der Waals surface area contributed by atoms with E-state index in [9.17, 15) is 14.7 Å². The summed E-state index contributed by atoms with van der Waals surface area (Å²) in [6, 6.07) is -1.05. The van der Waals surface area contributed by atoms with Gasteiger partial charge < -0.3 is 24.8 Å². The molecule has 136 valence electrons. The monoisotopic (exact) mass is 349 g/mol. The van der Waals surface area contributed by atoms with Crippen LogP contribution in [0.5, 0.6) is 0 Å². The van der Waals surface area contributed by atoms with E-state index in [0.29, 0.717) is 12.5 Å². The highest BCUT2D eigenvalue weighted by molar-refractivity contribution is 6.04. The van der Waals surface area contributed by atoms with E-state index >= 15 is 0 Å². The number of fused-ring (bicyclic) bond motifs is 1. The fourth-order valence-corrected chi connectivity index (χ4v) is 3.06. The third-order valence-electron chi connectivity index (χ3n) is 4.28. The highest BCUT2D eigenvalue weighted by Gasteiger charge is 2.49. The van der Waals surface area contributed by atoms with Crippen molar-refractivity contribution >= 4 is 17.9 Å². The lowest BCUT2D eigenvalue weighted by atomic mass is 10.1. The summed E-state index contributed by atoms with van der Waals surface area (Å²) in [6.45, 7) is 3.25. The number of β-amino-alcohol motifs (C(OH)–C–C–N with tert-alkyl or cyclic N) is 1. The molecule has 10 heteroatoms. The number of carbonyl (C=O) groups excluding carboxylic acids is 2. The maximum absolute atomic E-state index is 12.3. The number of aliphatic hydroxyl groups is 1. The molecule has 0 spiro atoms. The fraction of sp³-hybridized carbons (Fsp3) is 0.600. The number of likely N-dealkylation sites (N-methyl/N-ethyl adjacent to an activating group) is 1. The second-order valence-corrected chi connectivity index (χ2v) is 6.30. The molecule has 2 fully saturated rings. The number of guanidine groups is 1. The molecule has 10 nitrogen and oxygen atoms in total. The van der Waals surface area contributed by atoms with E-state index in [4.69, 9.17) is 0 Å². The van der Waals surface area contributed by atoms with Crippen molar-refractivity contribution in [3.05, 3.63) is 18.7 Å².